The van der Waals surface area contributed by atoms with Crippen LogP contribution in [0.4, 0.5) is 0 Å². The van der Waals surface area contributed by atoms with Crippen molar-refractivity contribution in [3.8, 4) is 23.1 Å². The zero-order valence-electron chi connectivity index (χ0n) is 16.7. The van der Waals surface area contributed by atoms with Gasteiger partial charge in [-0.05, 0) is 37.5 Å². The van der Waals surface area contributed by atoms with E-state index >= 15 is 0 Å². The van der Waals surface area contributed by atoms with Gasteiger partial charge in [-0.3, -0.25) is 4.98 Å². The van der Waals surface area contributed by atoms with Gasteiger partial charge >= 0.3 is 0 Å². The van der Waals surface area contributed by atoms with Crippen LogP contribution in [-0.4, -0.2) is 30.2 Å². The molecular weight excluding hydrogens is 408 g/mol. The van der Waals surface area contributed by atoms with Crippen molar-refractivity contribution in [3.63, 3.8) is 0 Å². The molecule has 0 aromatic carbocycles. The average Bonchev–Trinajstić information content (AvgIpc) is 3.37. The Balaban J connectivity index is 1.53. The molecule has 0 N–H and O–H groups in total. The van der Waals surface area contributed by atoms with Crippen molar-refractivity contribution in [3.05, 3.63) is 58.3 Å². The molecule has 4 aromatic heterocycles. The minimum Gasteiger partial charge on any atom is -0.437 e. The fraction of sp³-hybridized carbons (Fsp3) is 0.300. The number of pyridine rings is 2. The first kappa shape index (κ1) is 20.0. The Hall–Kier alpha value is -3.33. The van der Waals surface area contributed by atoms with E-state index in [0.717, 1.165) is 17.5 Å². The van der Waals surface area contributed by atoms with Gasteiger partial charge in [0.2, 0.25) is 11.8 Å². The summed E-state index contributed by atoms with van der Waals surface area (Å²) in [4.78, 5) is 17.1. The van der Waals surface area contributed by atoms with Gasteiger partial charge in [0.15, 0.2) is 17.4 Å². The van der Waals surface area contributed by atoms with Crippen molar-refractivity contribution in [2.24, 2.45) is 0 Å². The average molecular weight is 427 g/mol. The first-order valence-electron chi connectivity index (χ1n) is 9.43. The van der Waals surface area contributed by atoms with Crippen molar-refractivity contribution in [1.82, 2.24) is 30.2 Å². The monoisotopic (exact) mass is 426 g/mol. The molecule has 0 aliphatic carbocycles. The van der Waals surface area contributed by atoms with E-state index in [0.29, 0.717) is 53.5 Å². The Labute approximate surface area is 177 Å². The number of ether oxygens (including phenoxy) is 1. The van der Waals surface area contributed by atoms with Gasteiger partial charge in [-0.2, -0.15) is 9.97 Å². The molecule has 0 fully saturated rings. The van der Waals surface area contributed by atoms with Crippen molar-refractivity contribution < 1.29 is 13.8 Å². The molecule has 4 aromatic rings. The molecule has 0 unspecified atom stereocenters. The molecule has 0 aliphatic heterocycles. The van der Waals surface area contributed by atoms with Crippen LogP contribution in [-0.2, 0) is 19.3 Å². The van der Waals surface area contributed by atoms with Crippen LogP contribution in [0.1, 0.15) is 35.6 Å². The molecule has 0 radical (unpaired) electrons. The second-order valence-corrected chi connectivity index (χ2v) is 7.03. The third kappa shape index (κ3) is 4.46. The van der Waals surface area contributed by atoms with Crippen LogP contribution in [0.25, 0.3) is 11.5 Å². The van der Waals surface area contributed by atoms with E-state index < -0.39 is 0 Å². The second kappa shape index (κ2) is 8.58. The van der Waals surface area contributed by atoms with Crippen LogP contribution in [0.2, 0.25) is 5.15 Å². The van der Waals surface area contributed by atoms with Gasteiger partial charge in [0.1, 0.15) is 5.15 Å². The minimum atomic E-state index is 0.253. The van der Waals surface area contributed by atoms with Gasteiger partial charge < -0.3 is 13.8 Å². The maximum absolute atomic E-state index is 6.16. The Kier molecular flexibility index (Phi) is 5.71. The van der Waals surface area contributed by atoms with E-state index in [2.05, 4.69) is 30.2 Å². The molecule has 10 heteroatoms. The summed E-state index contributed by atoms with van der Waals surface area (Å²) in [5, 5.41) is 7.97. The summed E-state index contributed by atoms with van der Waals surface area (Å²) in [7, 11) is 0. The van der Waals surface area contributed by atoms with Crippen LogP contribution in [0.3, 0.4) is 0 Å². The Morgan fingerprint density at radius 1 is 1.00 bits per heavy atom. The summed E-state index contributed by atoms with van der Waals surface area (Å²) in [5.41, 5.74) is 2.58. The Morgan fingerprint density at radius 3 is 2.60 bits per heavy atom. The zero-order valence-corrected chi connectivity index (χ0v) is 17.5. The number of halogens is 1. The summed E-state index contributed by atoms with van der Waals surface area (Å²) >= 11 is 6.16. The maximum Gasteiger partial charge on any atom is 0.258 e. The van der Waals surface area contributed by atoms with Crippen molar-refractivity contribution in [2.45, 2.75) is 40.0 Å². The molecule has 30 heavy (non-hydrogen) atoms. The molecular formula is C20H19ClN6O3. The van der Waals surface area contributed by atoms with E-state index in [1.807, 2.05) is 13.8 Å². The number of hydrogen-bond donors (Lipinski definition) is 0. The lowest BCUT2D eigenvalue weighted by molar-refractivity contribution is 0.373. The molecule has 4 heterocycles. The number of aromatic nitrogens is 6. The van der Waals surface area contributed by atoms with E-state index in [4.69, 9.17) is 25.4 Å². The molecule has 0 amide bonds. The fourth-order valence-electron chi connectivity index (χ4n) is 2.85. The molecule has 0 bridgehead atoms. The van der Waals surface area contributed by atoms with Gasteiger partial charge in [0, 0.05) is 30.7 Å². The predicted molar refractivity (Wildman–Crippen MR) is 107 cm³/mol. The standard InChI is InChI=1S/C20H19ClN6O3/c1-4-17-25-18(29-27-17)6-5-13-9-22-10-15(11(13)2)28-19-8-14(7-16(21)24-19)20-23-12(3)26-30-20/h7-10H,4-6H2,1-3H3. The molecule has 0 atom stereocenters. The normalized spacial score (nSPS) is 11.1. The zero-order chi connectivity index (χ0) is 21.1. The van der Waals surface area contributed by atoms with E-state index in [9.17, 15) is 0 Å². The number of aryl methyl sites for hydroxylation is 4. The van der Waals surface area contributed by atoms with E-state index in [1.165, 1.54) is 0 Å². The van der Waals surface area contributed by atoms with Gasteiger partial charge in [-0.15, -0.1) is 0 Å². The van der Waals surface area contributed by atoms with Crippen LogP contribution in [0, 0.1) is 13.8 Å². The smallest absolute Gasteiger partial charge is 0.258 e. The van der Waals surface area contributed by atoms with Crippen LogP contribution in [0.15, 0.2) is 33.6 Å². The third-order valence-electron chi connectivity index (χ3n) is 4.47. The summed E-state index contributed by atoms with van der Waals surface area (Å²) in [5.74, 6) is 3.07. The van der Waals surface area contributed by atoms with Crippen LogP contribution < -0.4 is 4.74 Å². The molecule has 0 aliphatic rings. The van der Waals surface area contributed by atoms with Crippen molar-refractivity contribution in [2.75, 3.05) is 0 Å². The highest BCUT2D eigenvalue weighted by atomic mass is 35.5. The highest BCUT2D eigenvalue weighted by Gasteiger charge is 2.14. The molecule has 4 rings (SSSR count). The highest BCUT2D eigenvalue weighted by molar-refractivity contribution is 6.29. The highest BCUT2D eigenvalue weighted by Crippen LogP contribution is 2.30. The molecule has 9 nitrogen and oxygen atoms in total. The first-order valence-corrected chi connectivity index (χ1v) is 9.80. The Morgan fingerprint density at radius 2 is 1.87 bits per heavy atom. The lowest BCUT2D eigenvalue weighted by Gasteiger charge is -2.11. The van der Waals surface area contributed by atoms with E-state index in [-0.39, 0.29) is 5.15 Å². The largest absolute Gasteiger partial charge is 0.437 e. The lowest BCUT2D eigenvalue weighted by atomic mass is 10.1. The molecule has 0 spiro atoms. The number of rotatable bonds is 7. The topological polar surface area (TPSA) is 113 Å². The van der Waals surface area contributed by atoms with Crippen molar-refractivity contribution in [1.29, 1.82) is 0 Å². The maximum atomic E-state index is 6.16. The summed E-state index contributed by atoms with van der Waals surface area (Å²) in [6, 6.07) is 3.33. The SMILES string of the molecule is CCc1noc(CCc2cncc(Oc3cc(-c4nc(C)no4)cc(Cl)n3)c2C)n1. The summed E-state index contributed by atoms with van der Waals surface area (Å²) in [6.45, 7) is 5.69. The van der Waals surface area contributed by atoms with Crippen LogP contribution in [0.5, 0.6) is 11.6 Å². The second-order valence-electron chi connectivity index (χ2n) is 6.65. The van der Waals surface area contributed by atoms with Gasteiger partial charge in [-0.1, -0.05) is 28.8 Å². The summed E-state index contributed by atoms with van der Waals surface area (Å²) < 4.78 is 16.4. The van der Waals surface area contributed by atoms with Crippen molar-refractivity contribution >= 4 is 11.6 Å². The molecule has 154 valence electrons. The molecule has 0 saturated heterocycles. The number of hydrogen-bond acceptors (Lipinski definition) is 9. The fourth-order valence-corrected chi connectivity index (χ4v) is 3.06. The van der Waals surface area contributed by atoms with Gasteiger partial charge in [0.25, 0.3) is 5.89 Å². The van der Waals surface area contributed by atoms with Gasteiger partial charge in [0.05, 0.1) is 6.20 Å². The predicted octanol–water partition coefficient (Wildman–Crippen LogP) is 4.32. The first-order chi connectivity index (χ1) is 14.5. The molecule has 0 saturated carbocycles. The quantitative estimate of drug-likeness (QED) is 0.398. The third-order valence-corrected chi connectivity index (χ3v) is 4.66. The van der Waals surface area contributed by atoms with Gasteiger partial charge in [-0.25, -0.2) is 4.98 Å². The summed E-state index contributed by atoms with van der Waals surface area (Å²) in [6.07, 6.45) is 5.49. The minimum absolute atomic E-state index is 0.253. The number of nitrogens with zero attached hydrogens (tertiary/aromatic N) is 6. The van der Waals surface area contributed by atoms with Crippen LogP contribution >= 0.6 is 11.6 Å². The lowest BCUT2D eigenvalue weighted by Crippen LogP contribution is -1.99. The Bertz CT molecular complexity index is 1170. The van der Waals surface area contributed by atoms with E-state index in [1.54, 1.807) is 31.5 Å².